The maximum absolute atomic E-state index is 11.9. The van der Waals surface area contributed by atoms with Crippen molar-refractivity contribution in [3.8, 4) is 0 Å². The van der Waals surface area contributed by atoms with Gasteiger partial charge in [-0.15, -0.1) is 0 Å². The fraction of sp³-hybridized carbons (Fsp3) is 0.846. The summed E-state index contributed by atoms with van der Waals surface area (Å²) in [6.45, 7) is 5.08. The highest BCUT2D eigenvalue weighted by molar-refractivity contribution is 5.85. The Balaban J connectivity index is 2.65. The number of esters is 1. The number of hydrogen-bond acceptors (Lipinski definition) is 4. The van der Waals surface area contributed by atoms with Crippen LogP contribution in [0.15, 0.2) is 0 Å². The Morgan fingerprint density at radius 2 is 2.00 bits per heavy atom. The van der Waals surface area contributed by atoms with Gasteiger partial charge >= 0.3 is 5.97 Å². The number of hydrogen-bond donors (Lipinski definition) is 1. The predicted octanol–water partition coefficient (Wildman–Crippen LogP) is 1.12. The van der Waals surface area contributed by atoms with Crippen molar-refractivity contribution in [1.82, 2.24) is 5.32 Å². The third kappa shape index (κ3) is 3.98. The summed E-state index contributed by atoms with van der Waals surface area (Å²) in [5, 5.41) is 2.82. The van der Waals surface area contributed by atoms with Gasteiger partial charge in [0.05, 0.1) is 7.11 Å². The number of amides is 1. The molecule has 0 bridgehead atoms. The van der Waals surface area contributed by atoms with E-state index in [1.807, 2.05) is 13.8 Å². The van der Waals surface area contributed by atoms with Gasteiger partial charge in [0.25, 0.3) is 0 Å². The van der Waals surface area contributed by atoms with E-state index in [0.717, 1.165) is 19.3 Å². The van der Waals surface area contributed by atoms with E-state index in [2.05, 4.69) is 5.32 Å². The summed E-state index contributed by atoms with van der Waals surface area (Å²) in [4.78, 5) is 23.7. The van der Waals surface area contributed by atoms with E-state index in [1.165, 1.54) is 7.11 Å². The van der Waals surface area contributed by atoms with E-state index in [-0.39, 0.29) is 23.7 Å². The van der Waals surface area contributed by atoms with Crippen LogP contribution < -0.4 is 5.32 Å². The molecule has 5 heteroatoms. The molecule has 5 nitrogen and oxygen atoms in total. The van der Waals surface area contributed by atoms with Gasteiger partial charge in [-0.2, -0.15) is 0 Å². The molecule has 1 amide bonds. The summed E-state index contributed by atoms with van der Waals surface area (Å²) in [6.07, 6.45) is 2.31. The van der Waals surface area contributed by atoms with Crippen LogP contribution in [-0.4, -0.2) is 38.2 Å². The zero-order chi connectivity index (χ0) is 13.5. The minimum atomic E-state index is -0.541. The smallest absolute Gasteiger partial charge is 0.328 e. The van der Waals surface area contributed by atoms with Gasteiger partial charge in [0.15, 0.2) is 0 Å². The van der Waals surface area contributed by atoms with E-state index in [4.69, 9.17) is 9.47 Å². The molecular formula is C13H23NO4. The molecule has 2 unspecified atom stereocenters. The first-order valence-corrected chi connectivity index (χ1v) is 6.56. The number of carbonyl (C=O) groups is 2. The van der Waals surface area contributed by atoms with Crippen molar-refractivity contribution in [2.24, 2.45) is 11.8 Å². The minimum Gasteiger partial charge on any atom is -0.467 e. The van der Waals surface area contributed by atoms with Crippen molar-refractivity contribution in [3.63, 3.8) is 0 Å². The first-order chi connectivity index (χ1) is 8.60. The molecule has 0 radical (unpaired) electrons. The highest BCUT2D eigenvalue weighted by Gasteiger charge is 2.32. The highest BCUT2D eigenvalue weighted by Crippen LogP contribution is 2.20. The molecule has 0 aromatic rings. The number of ether oxygens (including phenoxy) is 2. The van der Waals surface area contributed by atoms with Crippen LogP contribution in [0.25, 0.3) is 0 Å². The molecule has 1 aliphatic heterocycles. The molecular weight excluding hydrogens is 234 g/mol. The lowest BCUT2D eigenvalue weighted by atomic mass is 9.91. The molecule has 1 saturated heterocycles. The summed E-state index contributed by atoms with van der Waals surface area (Å²) in [5.41, 5.74) is 0. The second-order valence-electron chi connectivity index (χ2n) is 4.77. The average Bonchev–Trinajstić information content (AvgIpc) is 2.43. The lowest BCUT2D eigenvalue weighted by Crippen LogP contribution is -2.49. The van der Waals surface area contributed by atoms with E-state index in [1.54, 1.807) is 0 Å². The van der Waals surface area contributed by atoms with Crippen LogP contribution in [0.4, 0.5) is 0 Å². The molecule has 1 fully saturated rings. The fourth-order valence-corrected chi connectivity index (χ4v) is 2.03. The normalized spacial score (nSPS) is 19.9. The summed E-state index contributed by atoms with van der Waals surface area (Å²) in [6, 6.07) is -0.541. The molecule has 104 valence electrons. The van der Waals surface area contributed by atoms with Gasteiger partial charge in [0.1, 0.15) is 6.04 Å². The summed E-state index contributed by atoms with van der Waals surface area (Å²) < 4.78 is 10.1. The molecule has 0 aromatic carbocycles. The Hall–Kier alpha value is -1.10. The second kappa shape index (κ2) is 7.36. The van der Waals surface area contributed by atoms with Crippen molar-refractivity contribution in [2.45, 2.75) is 39.2 Å². The number of carbonyl (C=O) groups excluding carboxylic acids is 2. The topological polar surface area (TPSA) is 64.6 Å². The number of rotatable bonds is 5. The molecule has 0 saturated carbocycles. The van der Waals surface area contributed by atoms with Crippen molar-refractivity contribution in [2.75, 3.05) is 20.3 Å². The average molecular weight is 257 g/mol. The van der Waals surface area contributed by atoms with Gasteiger partial charge in [-0.1, -0.05) is 13.8 Å². The zero-order valence-corrected chi connectivity index (χ0v) is 11.4. The van der Waals surface area contributed by atoms with Gasteiger partial charge in [0.2, 0.25) is 5.91 Å². The highest BCUT2D eigenvalue weighted by atomic mass is 16.5. The van der Waals surface area contributed by atoms with Gasteiger partial charge in [-0.3, -0.25) is 4.79 Å². The quantitative estimate of drug-likeness (QED) is 0.749. The molecule has 1 aliphatic rings. The van der Waals surface area contributed by atoms with E-state index in [9.17, 15) is 9.59 Å². The molecule has 0 spiro atoms. The first-order valence-electron chi connectivity index (χ1n) is 6.56. The third-order valence-electron chi connectivity index (χ3n) is 3.55. The molecule has 1 N–H and O–H groups in total. The second-order valence-corrected chi connectivity index (χ2v) is 4.77. The van der Waals surface area contributed by atoms with Crippen LogP contribution in [-0.2, 0) is 19.1 Å². The minimum absolute atomic E-state index is 0.0839. The SMILES string of the molecule is CCC(C)C(=O)NC(C(=O)OC)C1CCOCC1. The Morgan fingerprint density at radius 3 is 2.50 bits per heavy atom. The molecule has 1 heterocycles. The molecule has 0 aromatic heterocycles. The molecule has 0 aliphatic carbocycles. The third-order valence-corrected chi connectivity index (χ3v) is 3.55. The molecule has 2 atom stereocenters. The van der Waals surface area contributed by atoms with Crippen LogP contribution in [0, 0.1) is 11.8 Å². The van der Waals surface area contributed by atoms with Gasteiger partial charge in [-0.25, -0.2) is 4.79 Å². The van der Waals surface area contributed by atoms with Crippen LogP contribution in [0.2, 0.25) is 0 Å². The fourth-order valence-electron chi connectivity index (χ4n) is 2.03. The summed E-state index contributed by atoms with van der Waals surface area (Å²) in [7, 11) is 1.35. The van der Waals surface area contributed by atoms with Gasteiger partial charge in [-0.05, 0) is 25.2 Å². The maximum Gasteiger partial charge on any atom is 0.328 e. The largest absolute Gasteiger partial charge is 0.467 e. The van der Waals surface area contributed by atoms with E-state index >= 15 is 0 Å². The monoisotopic (exact) mass is 257 g/mol. The Labute approximate surface area is 108 Å². The van der Waals surface area contributed by atoms with Crippen LogP contribution in [0.5, 0.6) is 0 Å². The molecule has 1 rings (SSSR count). The Morgan fingerprint density at radius 1 is 1.39 bits per heavy atom. The maximum atomic E-state index is 11.9. The van der Waals surface area contributed by atoms with Crippen molar-refractivity contribution >= 4 is 11.9 Å². The summed E-state index contributed by atoms with van der Waals surface area (Å²) in [5.74, 6) is -0.422. The van der Waals surface area contributed by atoms with E-state index < -0.39 is 6.04 Å². The number of nitrogens with one attached hydrogen (secondary N) is 1. The van der Waals surface area contributed by atoms with Crippen LogP contribution in [0.3, 0.4) is 0 Å². The van der Waals surface area contributed by atoms with Crippen LogP contribution in [0.1, 0.15) is 33.1 Å². The van der Waals surface area contributed by atoms with Crippen molar-refractivity contribution < 1.29 is 19.1 Å². The lowest BCUT2D eigenvalue weighted by molar-refractivity contribution is -0.148. The van der Waals surface area contributed by atoms with Crippen molar-refractivity contribution in [1.29, 1.82) is 0 Å². The molecule has 18 heavy (non-hydrogen) atoms. The van der Waals surface area contributed by atoms with Crippen molar-refractivity contribution in [3.05, 3.63) is 0 Å². The Kier molecular flexibility index (Phi) is 6.12. The lowest BCUT2D eigenvalue weighted by Gasteiger charge is -2.29. The first kappa shape index (κ1) is 15.0. The predicted molar refractivity (Wildman–Crippen MR) is 66.9 cm³/mol. The Bertz CT molecular complexity index is 285. The van der Waals surface area contributed by atoms with E-state index in [0.29, 0.717) is 13.2 Å². The summed E-state index contributed by atoms with van der Waals surface area (Å²) >= 11 is 0. The zero-order valence-electron chi connectivity index (χ0n) is 11.4. The van der Waals surface area contributed by atoms with Crippen LogP contribution >= 0.6 is 0 Å². The number of methoxy groups -OCH3 is 1. The van der Waals surface area contributed by atoms with Gasteiger partial charge < -0.3 is 14.8 Å². The van der Waals surface area contributed by atoms with Gasteiger partial charge in [0, 0.05) is 19.1 Å². The standard InChI is InChI=1S/C13H23NO4/c1-4-9(2)12(15)14-11(13(16)17-3)10-5-7-18-8-6-10/h9-11H,4-8H2,1-3H3,(H,14,15).